The molecular weight excluding hydrogens is 352 g/mol. The molecule has 0 spiro atoms. The summed E-state index contributed by atoms with van der Waals surface area (Å²) in [5.41, 5.74) is 1.04. The monoisotopic (exact) mass is 400 g/mol. The number of hydrogen-bond donors (Lipinski definition) is 0. The molecule has 9 atom stereocenters. The van der Waals surface area contributed by atoms with E-state index in [4.69, 9.17) is 0 Å². The van der Waals surface area contributed by atoms with Crippen LogP contribution in [0.5, 0.6) is 0 Å². The van der Waals surface area contributed by atoms with Crippen LogP contribution in [0.25, 0.3) is 0 Å². The fourth-order valence-electron chi connectivity index (χ4n) is 9.43. The first-order valence-electron chi connectivity index (χ1n) is 13.2. The quantitative estimate of drug-likeness (QED) is 0.458. The summed E-state index contributed by atoms with van der Waals surface area (Å²) in [4.78, 5) is 12.4. The predicted octanol–water partition coefficient (Wildman–Crippen LogP) is 7.92. The van der Waals surface area contributed by atoms with Crippen LogP contribution in [0, 0.1) is 58.2 Å². The largest absolute Gasteiger partial charge is 0.299 e. The second-order valence-electron chi connectivity index (χ2n) is 13.0. The summed E-state index contributed by atoms with van der Waals surface area (Å²) in [7, 11) is 0. The second kappa shape index (κ2) is 7.98. The first-order chi connectivity index (χ1) is 13.7. The molecule has 0 amide bonds. The highest BCUT2D eigenvalue weighted by Crippen LogP contribution is 2.68. The van der Waals surface area contributed by atoms with E-state index < -0.39 is 0 Å². The van der Waals surface area contributed by atoms with Crippen LogP contribution in [0.2, 0.25) is 0 Å². The number of rotatable bonds is 5. The normalized spacial score (nSPS) is 48.2. The van der Waals surface area contributed by atoms with Gasteiger partial charge in [-0.3, -0.25) is 4.79 Å². The Labute approximate surface area is 181 Å². The predicted molar refractivity (Wildman–Crippen MR) is 123 cm³/mol. The number of carbonyl (C=O) groups excluding carboxylic acids is 1. The number of ketones is 1. The van der Waals surface area contributed by atoms with E-state index in [1.54, 1.807) is 0 Å². The van der Waals surface area contributed by atoms with Crippen molar-refractivity contribution in [3.63, 3.8) is 0 Å². The Hall–Kier alpha value is -0.330. The lowest BCUT2D eigenvalue weighted by atomic mass is 9.43. The molecule has 4 aliphatic rings. The average molecular weight is 401 g/mol. The van der Waals surface area contributed by atoms with Crippen molar-refractivity contribution in [3.8, 4) is 0 Å². The minimum atomic E-state index is 0.306. The van der Waals surface area contributed by atoms with Gasteiger partial charge in [0.1, 0.15) is 5.78 Å². The zero-order chi connectivity index (χ0) is 21.0. The van der Waals surface area contributed by atoms with Crippen LogP contribution in [0.1, 0.15) is 112 Å². The highest BCUT2D eigenvalue weighted by Gasteiger charge is 2.61. The maximum absolute atomic E-state index is 12.4. The molecule has 0 aromatic carbocycles. The third-order valence-corrected chi connectivity index (χ3v) is 11.0. The number of carbonyl (C=O) groups is 1. The van der Waals surface area contributed by atoms with Crippen LogP contribution in [0.4, 0.5) is 0 Å². The van der Waals surface area contributed by atoms with Gasteiger partial charge >= 0.3 is 0 Å². The van der Waals surface area contributed by atoms with Crippen LogP contribution in [-0.2, 0) is 4.79 Å². The van der Waals surface area contributed by atoms with E-state index in [0.717, 1.165) is 41.9 Å². The molecule has 4 fully saturated rings. The molecule has 4 aliphatic carbocycles. The molecule has 0 heterocycles. The lowest BCUT2D eigenvalue weighted by Gasteiger charge is -2.61. The van der Waals surface area contributed by atoms with Gasteiger partial charge in [0, 0.05) is 12.3 Å². The molecule has 0 saturated heterocycles. The summed E-state index contributed by atoms with van der Waals surface area (Å²) in [5, 5.41) is 0. The summed E-state index contributed by atoms with van der Waals surface area (Å²) >= 11 is 0. The third-order valence-electron chi connectivity index (χ3n) is 11.0. The molecule has 29 heavy (non-hydrogen) atoms. The maximum Gasteiger partial charge on any atom is 0.136 e. The van der Waals surface area contributed by atoms with Crippen molar-refractivity contribution in [2.75, 3.05) is 0 Å². The summed E-state index contributed by atoms with van der Waals surface area (Å²) < 4.78 is 0. The van der Waals surface area contributed by atoms with E-state index in [0.29, 0.717) is 28.4 Å². The first-order valence-corrected chi connectivity index (χ1v) is 13.2. The summed E-state index contributed by atoms with van der Waals surface area (Å²) in [6, 6.07) is 0. The van der Waals surface area contributed by atoms with Crippen molar-refractivity contribution in [1.82, 2.24) is 0 Å². The van der Waals surface area contributed by atoms with E-state index in [2.05, 4.69) is 41.5 Å². The van der Waals surface area contributed by atoms with E-state index in [-0.39, 0.29) is 0 Å². The summed E-state index contributed by atoms with van der Waals surface area (Å²) in [5.74, 6) is 7.06. The van der Waals surface area contributed by atoms with Gasteiger partial charge in [0.05, 0.1) is 0 Å². The number of Topliss-reactive ketones (excluding diaryl/α,β-unsaturated/α-hetero) is 1. The van der Waals surface area contributed by atoms with Crippen LogP contribution in [-0.4, -0.2) is 5.78 Å². The topological polar surface area (TPSA) is 17.1 Å². The molecule has 0 aliphatic heterocycles. The van der Waals surface area contributed by atoms with Gasteiger partial charge in [-0.05, 0) is 97.2 Å². The van der Waals surface area contributed by atoms with Gasteiger partial charge in [-0.1, -0.05) is 60.8 Å². The van der Waals surface area contributed by atoms with Gasteiger partial charge in [-0.25, -0.2) is 0 Å². The van der Waals surface area contributed by atoms with Gasteiger partial charge in [0.15, 0.2) is 0 Å². The molecule has 4 rings (SSSR count). The Morgan fingerprint density at radius 2 is 1.66 bits per heavy atom. The van der Waals surface area contributed by atoms with E-state index >= 15 is 0 Å². The maximum atomic E-state index is 12.4. The zero-order valence-corrected chi connectivity index (χ0v) is 20.3. The van der Waals surface area contributed by atoms with E-state index in [1.807, 2.05) is 0 Å². The van der Waals surface area contributed by atoms with Crippen molar-refractivity contribution < 1.29 is 4.79 Å². The van der Waals surface area contributed by atoms with Crippen LogP contribution < -0.4 is 0 Å². The SMILES string of the molecule is CC(C)CCC[C@@H](C)[C@H]1CC[C@H]2[C@@H]3CC[C@H]4CC(=O)C(C)C[C@]4(C)[C@H]3CC[C@]12C. The van der Waals surface area contributed by atoms with Gasteiger partial charge in [-0.2, -0.15) is 0 Å². The van der Waals surface area contributed by atoms with Crippen LogP contribution >= 0.6 is 0 Å². The Kier molecular flexibility index (Phi) is 6.02. The van der Waals surface area contributed by atoms with E-state index in [9.17, 15) is 4.79 Å². The van der Waals surface area contributed by atoms with Gasteiger partial charge in [0.2, 0.25) is 0 Å². The lowest BCUT2D eigenvalue weighted by molar-refractivity contribution is -0.147. The Balaban J connectivity index is 1.48. The highest BCUT2D eigenvalue weighted by atomic mass is 16.1. The molecular formula is C28H48O. The molecule has 0 aromatic heterocycles. The van der Waals surface area contributed by atoms with Crippen molar-refractivity contribution in [3.05, 3.63) is 0 Å². The summed E-state index contributed by atoms with van der Waals surface area (Å²) in [6.07, 6.45) is 15.0. The smallest absolute Gasteiger partial charge is 0.136 e. The van der Waals surface area contributed by atoms with Crippen molar-refractivity contribution >= 4 is 5.78 Å². The van der Waals surface area contributed by atoms with E-state index in [1.165, 1.54) is 64.2 Å². The highest BCUT2D eigenvalue weighted by molar-refractivity contribution is 5.82. The molecule has 0 radical (unpaired) electrons. The zero-order valence-electron chi connectivity index (χ0n) is 20.3. The molecule has 0 bridgehead atoms. The average Bonchev–Trinajstić information content (AvgIpc) is 3.00. The first kappa shape index (κ1) is 21.9. The molecule has 1 heteroatoms. The number of hydrogen-bond acceptors (Lipinski definition) is 1. The Bertz CT molecular complexity index is 607. The molecule has 1 nitrogen and oxygen atoms in total. The van der Waals surface area contributed by atoms with Crippen molar-refractivity contribution in [2.45, 2.75) is 112 Å². The fraction of sp³-hybridized carbons (Fsp3) is 0.964. The molecule has 1 unspecified atom stereocenters. The standard InChI is InChI=1S/C28H48O/c1-18(2)8-7-9-19(3)23-12-13-24-22-11-10-21-16-26(29)20(4)17-28(21,6)25(22)14-15-27(23,24)5/h18-25H,7-17H2,1-6H3/t19-,20?,21+,22+,23-,24+,25+,27-,28+/m1/s1. The molecule has 166 valence electrons. The minimum Gasteiger partial charge on any atom is -0.299 e. The Morgan fingerprint density at radius 3 is 2.38 bits per heavy atom. The fourth-order valence-corrected chi connectivity index (χ4v) is 9.43. The van der Waals surface area contributed by atoms with Gasteiger partial charge < -0.3 is 0 Å². The molecule has 0 N–H and O–H groups in total. The number of fused-ring (bicyclic) bond motifs is 5. The second-order valence-corrected chi connectivity index (χ2v) is 13.0. The third kappa shape index (κ3) is 3.65. The molecule has 4 saturated carbocycles. The molecule has 0 aromatic rings. The van der Waals surface area contributed by atoms with Crippen LogP contribution in [0.15, 0.2) is 0 Å². The van der Waals surface area contributed by atoms with Crippen LogP contribution in [0.3, 0.4) is 0 Å². The summed E-state index contributed by atoms with van der Waals surface area (Å²) in [6.45, 7) is 14.8. The Morgan fingerprint density at radius 1 is 0.931 bits per heavy atom. The minimum absolute atomic E-state index is 0.306. The lowest BCUT2D eigenvalue weighted by Crippen LogP contribution is -2.55. The van der Waals surface area contributed by atoms with Crippen molar-refractivity contribution in [2.24, 2.45) is 58.2 Å². The van der Waals surface area contributed by atoms with Gasteiger partial charge in [0.25, 0.3) is 0 Å². The van der Waals surface area contributed by atoms with Crippen molar-refractivity contribution in [1.29, 1.82) is 0 Å². The van der Waals surface area contributed by atoms with Gasteiger partial charge in [-0.15, -0.1) is 0 Å².